The van der Waals surface area contributed by atoms with Crippen molar-refractivity contribution in [2.45, 2.75) is 19.8 Å². The minimum absolute atomic E-state index is 0.164. The molecule has 0 saturated carbocycles. The van der Waals surface area contributed by atoms with Crippen molar-refractivity contribution in [3.63, 3.8) is 0 Å². The summed E-state index contributed by atoms with van der Waals surface area (Å²) in [6.45, 7) is 2.74. The van der Waals surface area contributed by atoms with Crippen molar-refractivity contribution in [2.75, 3.05) is 11.9 Å². The molecule has 0 amide bonds. The number of halogens is 2. The van der Waals surface area contributed by atoms with E-state index in [9.17, 15) is 8.78 Å². The number of benzene rings is 2. The minimum atomic E-state index is -0.663. The van der Waals surface area contributed by atoms with Crippen molar-refractivity contribution in [1.82, 2.24) is 5.32 Å². The quantitative estimate of drug-likeness (QED) is 0.638. The fourth-order valence-electron chi connectivity index (χ4n) is 2.01. The zero-order valence-electron chi connectivity index (χ0n) is 12.3. The molecule has 2 rings (SSSR count). The highest BCUT2D eigenvalue weighted by molar-refractivity contribution is 7.80. The van der Waals surface area contributed by atoms with Crippen LogP contribution in [0.3, 0.4) is 0 Å². The lowest BCUT2D eigenvalue weighted by atomic mass is 10.1. The lowest BCUT2D eigenvalue weighted by molar-refractivity contribution is 0.586. The topological polar surface area (TPSA) is 24.1 Å². The highest BCUT2D eigenvalue weighted by Gasteiger charge is 2.05. The number of rotatable bonds is 5. The molecule has 0 aromatic heterocycles. The van der Waals surface area contributed by atoms with Crippen molar-refractivity contribution in [3.05, 3.63) is 65.2 Å². The normalized spacial score (nSPS) is 10.3. The zero-order chi connectivity index (χ0) is 15.9. The smallest absolute Gasteiger partial charge is 0.170 e. The summed E-state index contributed by atoms with van der Waals surface area (Å²) >= 11 is 5.09. The SMILES string of the molecule is Cc1ccc(CCCNC(=S)Nc2ccc(F)cc2F)cc1. The fraction of sp³-hybridized carbons (Fsp3) is 0.235. The molecule has 0 aliphatic carbocycles. The van der Waals surface area contributed by atoms with Crippen molar-refractivity contribution in [2.24, 2.45) is 0 Å². The van der Waals surface area contributed by atoms with E-state index < -0.39 is 11.6 Å². The number of nitrogens with one attached hydrogen (secondary N) is 2. The van der Waals surface area contributed by atoms with E-state index in [4.69, 9.17) is 12.2 Å². The maximum atomic E-state index is 13.5. The molecule has 0 unspecified atom stereocenters. The standard InChI is InChI=1S/C17H18F2N2S/c1-12-4-6-13(7-5-12)3-2-10-20-17(22)21-16-9-8-14(18)11-15(16)19/h4-9,11H,2-3,10H2,1H3,(H2,20,21,22). The number of hydrogen-bond acceptors (Lipinski definition) is 1. The van der Waals surface area contributed by atoms with Crippen LogP contribution in [0.1, 0.15) is 17.5 Å². The maximum absolute atomic E-state index is 13.5. The molecule has 2 aromatic rings. The lowest BCUT2D eigenvalue weighted by Crippen LogP contribution is -2.29. The second-order valence-electron chi connectivity index (χ2n) is 5.09. The molecule has 5 heteroatoms. The Kier molecular flexibility index (Phi) is 5.83. The van der Waals surface area contributed by atoms with Crippen LogP contribution in [-0.2, 0) is 6.42 Å². The highest BCUT2D eigenvalue weighted by Crippen LogP contribution is 2.14. The third-order valence-electron chi connectivity index (χ3n) is 3.23. The number of anilines is 1. The first-order chi connectivity index (χ1) is 10.5. The van der Waals surface area contributed by atoms with Crippen molar-refractivity contribution >= 4 is 23.0 Å². The summed E-state index contributed by atoms with van der Waals surface area (Å²) in [4.78, 5) is 0. The summed E-state index contributed by atoms with van der Waals surface area (Å²) in [5.41, 5.74) is 2.68. The Morgan fingerprint density at radius 2 is 1.82 bits per heavy atom. The maximum Gasteiger partial charge on any atom is 0.170 e. The van der Waals surface area contributed by atoms with Gasteiger partial charge in [0.15, 0.2) is 5.11 Å². The first kappa shape index (κ1) is 16.4. The van der Waals surface area contributed by atoms with Crippen molar-refractivity contribution < 1.29 is 8.78 Å². The average molecular weight is 320 g/mol. The molecule has 2 N–H and O–H groups in total. The Labute approximate surface area is 134 Å². The molecule has 22 heavy (non-hydrogen) atoms. The number of aryl methyl sites for hydroxylation is 2. The van der Waals surface area contributed by atoms with Gasteiger partial charge in [0.05, 0.1) is 5.69 Å². The van der Waals surface area contributed by atoms with E-state index in [1.165, 1.54) is 23.3 Å². The summed E-state index contributed by atoms with van der Waals surface area (Å²) in [6, 6.07) is 11.7. The number of hydrogen-bond donors (Lipinski definition) is 2. The summed E-state index contributed by atoms with van der Waals surface area (Å²) in [5.74, 6) is -1.27. The van der Waals surface area contributed by atoms with E-state index in [1.807, 2.05) is 0 Å². The molecular weight excluding hydrogens is 302 g/mol. The van der Waals surface area contributed by atoms with Gasteiger partial charge in [0.2, 0.25) is 0 Å². The van der Waals surface area contributed by atoms with Crippen molar-refractivity contribution in [3.8, 4) is 0 Å². The second-order valence-corrected chi connectivity index (χ2v) is 5.50. The fourth-order valence-corrected chi connectivity index (χ4v) is 2.22. The Balaban J connectivity index is 1.72. The number of thiocarbonyl (C=S) groups is 1. The Morgan fingerprint density at radius 3 is 2.50 bits per heavy atom. The van der Waals surface area contributed by atoms with E-state index in [-0.39, 0.29) is 5.69 Å². The Morgan fingerprint density at radius 1 is 1.09 bits per heavy atom. The molecule has 0 radical (unpaired) electrons. The summed E-state index contributed by atoms with van der Waals surface area (Å²) in [5, 5.41) is 6.06. The molecule has 2 nitrogen and oxygen atoms in total. The van der Waals surface area contributed by atoms with Gasteiger partial charge in [-0.05, 0) is 49.7 Å². The van der Waals surface area contributed by atoms with E-state index in [1.54, 1.807) is 0 Å². The average Bonchev–Trinajstić information content (AvgIpc) is 2.48. The van der Waals surface area contributed by atoms with Crippen LogP contribution < -0.4 is 10.6 Å². The summed E-state index contributed by atoms with van der Waals surface area (Å²) in [7, 11) is 0. The first-order valence-electron chi connectivity index (χ1n) is 7.10. The molecule has 0 aliphatic rings. The molecular formula is C17H18F2N2S. The predicted molar refractivity (Wildman–Crippen MR) is 90.1 cm³/mol. The van der Waals surface area contributed by atoms with E-state index in [2.05, 4.69) is 41.8 Å². The largest absolute Gasteiger partial charge is 0.362 e. The molecule has 116 valence electrons. The molecule has 0 spiro atoms. The first-order valence-corrected chi connectivity index (χ1v) is 7.51. The van der Waals surface area contributed by atoms with Gasteiger partial charge in [0, 0.05) is 12.6 Å². The van der Waals surface area contributed by atoms with Gasteiger partial charge in [-0.3, -0.25) is 0 Å². The van der Waals surface area contributed by atoms with Crippen LogP contribution in [0, 0.1) is 18.6 Å². The lowest BCUT2D eigenvalue weighted by Gasteiger charge is -2.11. The highest BCUT2D eigenvalue weighted by atomic mass is 32.1. The second kappa shape index (κ2) is 7.84. The van der Waals surface area contributed by atoms with Crippen LogP contribution in [0.25, 0.3) is 0 Å². The van der Waals surface area contributed by atoms with Gasteiger partial charge < -0.3 is 10.6 Å². The Hall–Kier alpha value is -2.01. The molecule has 0 aliphatic heterocycles. The third-order valence-corrected chi connectivity index (χ3v) is 3.47. The monoisotopic (exact) mass is 320 g/mol. The van der Waals surface area contributed by atoms with Crippen LogP contribution in [0.4, 0.5) is 14.5 Å². The van der Waals surface area contributed by atoms with E-state index >= 15 is 0 Å². The van der Waals surface area contributed by atoms with Crippen LogP contribution in [0.2, 0.25) is 0 Å². The van der Waals surface area contributed by atoms with Gasteiger partial charge in [0.25, 0.3) is 0 Å². The van der Waals surface area contributed by atoms with Gasteiger partial charge >= 0.3 is 0 Å². The summed E-state index contributed by atoms with van der Waals surface area (Å²) < 4.78 is 26.3. The van der Waals surface area contributed by atoms with Crippen LogP contribution in [-0.4, -0.2) is 11.7 Å². The van der Waals surface area contributed by atoms with Gasteiger partial charge in [-0.2, -0.15) is 0 Å². The Bertz CT molecular complexity index is 642. The van der Waals surface area contributed by atoms with Gasteiger partial charge in [-0.25, -0.2) is 8.78 Å². The van der Waals surface area contributed by atoms with E-state index in [0.29, 0.717) is 11.7 Å². The van der Waals surface area contributed by atoms with Crippen LogP contribution >= 0.6 is 12.2 Å². The van der Waals surface area contributed by atoms with Gasteiger partial charge in [0.1, 0.15) is 11.6 Å². The molecule has 0 saturated heterocycles. The van der Waals surface area contributed by atoms with Gasteiger partial charge in [-0.15, -0.1) is 0 Å². The van der Waals surface area contributed by atoms with Crippen LogP contribution in [0.5, 0.6) is 0 Å². The molecule has 2 aromatic carbocycles. The van der Waals surface area contributed by atoms with E-state index in [0.717, 1.165) is 18.9 Å². The molecule has 0 atom stereocenters. The molecule has 0 heterocycles. The molecule has 0 fully saturated rings. The van der Waals surface area contributed by atoms with Gasteiger partial charge in [-0.1, -0.05) is 29.8 Å². The van der Waals surface area contributed by atoms with Crippen LogP contribution in [0.15, 0.2) is 42.5 Å². The van der Waals surface area contributed by atoms with Crippen molar-refractivity contribution in [1.29, 1.82) is 0 Å². The zero-order valence-corrected chi connectivity index (χ0v) is 13.1. The molecule has 0 bridgehead atoms. The summed E-state index contributed by atoms with van der Waals surface area (Å²) in [6.07, 6.45) is 1.86. The third kappa shape index (κ3) is 5.07. The minimum Gasteiger partial charge on any atom is -0.362 e. The predicted octanol–water partition coefficient (Wildman–Crippen LogP) is 4.19.